The number of hydrogen-bond acceptors (Lipinski definition) is 4. The van der Waals surface area contributed by atoms with Crippen LogP contribution in [0, 0.1) is 0 Å². The summed E-state index contributed by atoms with van der Waals surface area (Å²) in [4.78, 5) is 11.8. The highest BCUT2D eigenvalue weighted by Gasteiger charge is 2.13. The van der Waals surface area contributed by atoms with Gasteiger partial charge in [-0.15, -0.1) is 0 Å². The van der Waals surface area contributed by atoms with Gasteiger partial charge in [0.15, 0.2) is 0 Å². The fraction of sp³-hybridized carbons (Fsp3) is 0.417. The van der Waals surface area contributed by atoms with E-state index in [0.29, 0.717) is 17.6 Å². The Balaban J connectivity index is 2.76. The van der Waals surface area contributed by atoms with Crippen LogP contribution < -0.4 is 10.5 Å². The Bertz CT molecular complexity index is 587. The number of nitrogens with one attached hydrogen (secondary N) is 1. The van der Waals surface area contributed by atoms with E-state index in [0.717, 1.165) is 0 Å². The summed E-state index contributed by atoms with van der Waals surface area (Å²) in [6.07, 6.45) is 0.0896. The molecule has 0 saturated carbocycles. The first-order chi connectivity index (χ1) is 9.20. The number of hydrogen-bond donors (Lipinski definition) is 2. The minimum absolute atomic E-state index is 0.0896. The Morgan fingerprint density at radius 2 is 2.05 bits per heavy atom. The molecule has 3 N–H and O–H groups in total. The summed E-state index contributed by atoms with van der Waals surface area (Å²) >= 11 is 3.15. The second-order valence-electron chi connectivity index (χ2n) is 4.40. The van der Waals surface area contributed by atoms with Crippen molar-refractivity contribution in [3.8, 4) is 0 Å². The van der Waals surface area contributed by atoms with Crippen LogP contribution >= 0.6 is 15.9 Å². The molecule has 8 heteroatoms. The Labute approximate surface area is 126 Å². The number of carbonyl (C=O) groups excluding carboxylic acids is 1. The van der Waals surface area contributed by atoms with E-state index in [1.807, 2.05) is 13.8 Å². The second kappa shape index (κ2) is 7.16. The van der Waals surface area contributed by atoms with Gasteiger partial charge in [0.25, 0.3) is 5.91 Å². The lowest BCUT2D eigenvalue weighted by Crippen LogP contribution is -2.28. The van der Waals surface area contributed by atoms with Crippen LogP contribution in [0.15, 0.2) is 27.6 Å². The van der Waals surface area contributed by atoms with Crippen LogP contribution in [0.4, 0.5) is 0 Å². The van der Waals surface area contributed by atoms with E-state index in [9.17, 15) is 13.2 Å². The van der Waals surface area contributed by atoms with Gasteiger partial charge in [-0.25, -0.2) is 13.6 Å². The van der Waals surface area contributed by atoms with E-state index in [4.69, 9.17) is 9.88 Å². The number of carbonyl (C=O) groups is 1. The van der Waals surface area contributed by atoms with E-state index in [1.54, 1.807) is 0 Å². The smallest absolute Gasteiger partial charge is 0.251 e. The third kappa shape index (κ3) is 5.58. The fourth-order valence-corrected chi connectivity index (χ4v) is 2.65. The standard InChI is InChI=1S/C12H17BrN2O4S/c1-8(2)19-4-3-15-12(16)9-5-10(13)7-11(6-9)20(14,17)18/h5-8H,3-4H2,1-2H3,(H,15,16)(H2,14,17,18). The minimum atomic E-state index is -3.85. The molecule has 0 aliphatic heterocycles. The molecule has 1 amide bonds. The number of sulfonamides is 1. The number of halogens is 1. The van der Waals surface area contributed by atoms with Crippen LogP contribution in [0.25, 0.3) is 0 Å². The molecule has 0 saturated heterocycles. The van der Waals surface area contributed by atoms with Gasteiger partial charge in [-0.1, -0.05) is 15.9 Å². The summed E-state index contributed by atoms with van der Waals surface area (Å²) in [7, 11) is -3.85. The highest BCUT2D eigenvalue weighted by molar-refractivity contribution is 9.10. The van der Waals surface area contributed by atoms with Gasteiger partial charge in [-0.05, 0) is 32.0 Å². The summed E-state index contributed by atoms with van der Waals surface area (Å²) in [5.74, 6) is -0.386. The lowest BCUT2D eigenvalue weighted by atomic mass is 10.2. The van der Waals surface area contributed by atoms with Gasteiger partial charge >= 0.3 is 0 Å². The Morgan fingerprint density at radius 3 is 2.60 bits per heavy atom. The van der Waals surface area contributed by atoms with Crippen molar-refractivity contribution in [2.45, 2.75) is 24.8 Å². The number of rotatable bonds is 6. The van der Waals surface area contributed by atoms with Gasteiger partial charge in [-0.2, -0.15) is 0 Å². The molecule has 1 aromatic carbocycles. The zero-order valence-corrected chi connectivity index (χ0v) is 13.6. The molecule has 6 nitrogen and oxygen atoms in total. The molecule has 0 fully saturated rings. The molecular formula is C12H17BrN2O4S. The molecule has 0 aromatic heterocycles. The summed E-state index contributed by atoms with van der Waals surface area (Å²) in [6.45, 7) is 4.52. The summed E-state index contributed by atoms with van der Waals surface area (Å²) in [6, 6.07) is 4.10. The molecule has 1 rings (SSSR count). The van der Waals surface area contributed by atoms with Gasteiger partial charge in [-0.3, -0.25) is 4.79 Å². The topological polar surface area (TPSA) is 98.5 Å². The van der Waals surface area contributed by atoms with Crippen molar-refractivity contribution in [2.75, 3.05) is 13.2 Å². The van der Waals surface area contributed by atoms with Crippen LogP contribution in [-0.4, -0.2) is 33.6 Å². The summed E-state index contributed by atoms with van der Waals surface area (Å²) in [5, 5.41) is 7.69. The van der Waals surface area contributed by atoms with Crippen molar-refractivity contribution in [3.63, 3.8) is 0 Å². The normalized spacial score (nSPS) is 11.7. The van der Waals surface area contributed by atoms with E-state index < -0.39 is 10.0 Å². The van der Waals surface area contributed by atoms with Gasteiger partial charge in [0, 0.05) is 16.6 Å². The van der Waals surface area contributed by atoms with E-state index in [1.165, 1.54) is 18.2 Å². The van der Waals surface area contributed by atoms with Crippen molar-refractivity contribution >= 4 is 31.9 Å². The second-order valence-corrected chi connectivity index (χ2v) is 6.87. The fourth-order valence-electron chi connectivity index (χ4n) is 1.42. The van der Waals surface area contributed by atoms with Crippen molar-refractivity contribution in [1.82, 2.24) is 5.32 Å². The van der Waals surface area contributed by atoms with Crippen LogP contribution in [0.2, 0.25) is 0 Å². The maximum Gasteiger partial charge on any atom is 0.251 e. The lowest BCUT2D eigenvalue weighted by Gasteiger charge is -2.09. The largest absolute Gasteiger partial charge is 0.377 e. The van der Waals surface area contributed by atoms with E-state index in [-0.39, 0.29) is 22.5 Å². The molecule has 0 bridgehead atoms. The third-order valence-electron chi connectivity index (χ3n) is 2.30. The van der Waals surface area contributed by atoms with Gasteiger partial charge < -0.3 is 10.1 Å². The first-order valence-electron chi connectivity index (χ1n) is 5.93. The molecule has 0 radical (unpaired) electrons. The maximum atomic E-state index is 11.9. The Morgan fingerprint density at radius 1 is 1.40 bits per heavy atom. The number of nitrogens with two attached hydrogens (primary N) is 1. The number of amides is 1. The SMILES string of the molecule is CC(C)OCCNC(=O)c1cc(Br)cc(S(N)(=O)=O)c1. The first-order valence-corrected chi connectivity index (χ1v) is 8.27. The van der Waals surface area contributed by atoms with Crippen LogP contribution in [0.1, 0.15) is 24.2 Å². The zero-order chi connectivity index (χ0) is 15.3. The molecule has 0 heterocycles. The van der Waals surface area contributed by atoms with Gasteiger partial charge in [0.05, 0.1) is 17.6 Å². The summed E-state index contributed by atoms with van der Waals surface area (Å²) < 4.78 is 28.4. The molecule has 1 aromatic rings. The molecule has 0 atom stereocenters. The highest BCUT2D eigenvalue weighted by atomic mass is 79.9. The quantitative estimate of drug-likeness (QED) is 0.742. The monoisotopic (exact) mass is 364 g/mol. The lowest BCUT2D eigenvalue weighted by molar-refractivity contribution is 0.0746. The van der Waals surface area contributed by atoms with E-state index in [2.05, 4.69) is 21.2 Å². The van der Waals surface area contributed by atoms with Crippen molar-refractivity contribution < 1.29 is 17.9 Å². The van der Waals surface area contributed by atoms with Crippen molar-refractivity contribution in [2.24, 2.45) is 5.14 Å². The first kappa shape index (κ1) is 17.1. The molecule has 0 aliphatic rings. The van der Waals surface area contributed by atoms with Gasteiger partial charge in [0.2, 0.25) is 10.0 Å². The van der Waals surface area contributed by atoms with Crippen molar-refractivity contribution in [1.29, 1.82) is 0 Å². The molecule has 20 heavy (non-hydrogen) atoms. The van der Waals surface area contributed by atoms with Crippen LogP contribution in [0.5, 0.6) is 0 Å². The molecule has 0 aliphatic carbocycles. The van der Waals surface area contributed by atoms with Crippen LogP contribution in [-0.2, 0) is 14.8 Å². The predicted octanol–water partition coefficient (Wildman–Crippen LogP) is 1.25. The zero-order valence-electron chi connectivity index (χ0n) is 11.2. The van der Waals surface area contributed by atoms with Crippen molar-refractivity contribution in [3.05, 3.63) is 28.2 Å². The number of primary sulfonamides is 1. The predicted molar refractivity (Wildman–Crippen MR) is 78.9 cm³/mol. The summed E-state index contributed by atoms with van der Waals surface area (Å²) in [5.41, 5.74) is 0.216. The molecule has 0 unspecified atom stereocenters. The number of ether oxygens (including phenoxy) is 1. The minimum Gasteiger partial charge on any atom is -0.377 e. The molecular weight excluding hydrogens is 348 g/mol. The Kier molecular flexibility index (Phi) is 6.12. The Hall–Kier alpha value is -0.960. The molecule has 0 spiro atoms. The average Bonchev–Trinajstić information content (AvgIpc) is 2.32. The highest BCUT2D eigenvalue weighted by Crippen LogP contribution is 2.18. The average molecular weight is 365 g/mol. The molecule has 112 valence electrons. The van der Waals surface area contributed by atoms with Crippen LogP contribution in [0.3, 0.4) is 0 Å². The maximum absolute atomic E-state index is 11.9. The van der Waals surface area contributed by atoms with E-state index >= 15 is 0 Å². The third-order valence-corrected chi connectivity index (χ3v) is 3.65. The number of benzene rings is 1. The van der Waals surface area contributed by atoms with Gasteiger partial charge in [0.1, 0.15) is 0 Å².